The first kappa shape index (κ1) is 10.5. The van der Waals surface area contributed by atoms with Gasteiger partial charge in [0.25, 0.3) is 0 Å². The van der Waals surface area contributed by atoms with Crippen LogP contribution in [0.2, 0.25) is 0 Å². The molecule has 1 nitrogen and oxygen atoms in total. The number of alkyl halides is 1. The zero-order chi connectivity index (χ0) is 9.19. The Morgan fingerprint density at radius 3 is 2.25 bits per heavy atom. The molecule has 0 radical (unpaired) electrons. The van der Waals surface area contributed by atoms with E-state index in [0.717, 1.165) is 0 Å². The highest BCUT2D eigenvalue weighted by Gasteiger charge is 2.36. The third kappa shape index (κ3) is 2.23. The van der Waals surface area contributed by atoms with Crippen LogP contribution in [0, 0.1) is 5.41 Å². The van der Waals surface area contributed by atoms with Gasteiger partial charge in [0.05, 0.1) is 0 Å². The van der Waals surface area contributed by atoms with Crippen molar-refractivity contribution in [3.05, 3.63) is 0 Å². The van der Waals surface area contributed by atoms with Gasteiger partial charge in [0.1, 0.15) is 0 Å². The van der Waals surface area contributed by atoms with Crippen LogP contribution in [0.15, 0.2) is 0 Å². The zero-order valence-electron chi connectivity index (χ0n) is 8.44. The minimum Gasteiger partial charge on any atom is -0.303 e. The van der Waals surface area contributed by atoms with E-state index in [9.17, 15) is 0 Å². The second kappa shape index (κ2) is 4.10. The third-order valence-corrected chi connectivity index (χ3v) is 4.35. The molecule has 72 valence electrons. The molecule has 2 heteroatoms. The van der Waals surface area contributed by atoms with Crippen molar-refractivity contribution >= 4 is 15.9 Å². The van der Waals surface area contributed by atoms with Crippen LogP contribution in [0.4, 0.5) is 0 Å². The summed E-state index contributed by atoms with van der Waals surface area (Å²) in [6.07, 6.45) is 4.25. The molecule has 1 aliphatic rings. The zero-order valence-corrected chi connectivity index (χ0v) is 10.0. The number of halogens is 1. The highest BCUT2D eigenvalue weighted by Crippen LogP contribution is 2.42. The first-order valence-corrected chi connectivity index (χ1v) is 5.98. The van der Waals surface area contributed by atoms with Crippen LogP contribution in [0.5, 0.6) is 0 Å². The van der Waals surface area contributed by atoms with Gasteiger partial charge < -0.3 is 4.90 Å². The van der Waals surface area contributed by atoms with Gasteiger partial charge in [-0.2, -0.15) is 0 Å². The van der Waals surface area contributed by atoms with Gasteiger partial charge in [-0.15, -0.1) is 0 Å². The summed E-state index contributed by atoms with van der Waals surface area (Å²) < 4.78 is 0. The second-order valence-corrected chi connectivity index (χ2v) is 5.06. The largest absolute Gasteiger partial charge is 0.303 e. The Bertz CT molecular complexity index is 135. The Labute approximate surface area is 84.6 Å². The van der Waals surface area contributed by atoms with Gasteiger partial charge in [-0.3, -0.25) is 0 Å². The van der Waals surface area contributed by atoms with E-state index in [1.165, 1.54) is 31.1 Å². The van der Waals surface area contributed by atoms with E-state index in [0.29, 0.717) is 11.5 Å². The van der Waals surface area contributed by atoms with Crippen molar-refractivity contribution in [3.63, 3.8) is 0 Å². The standard InChI is InChI=1S/C10H20BrN/c1-9(2)12(3)8-10(7-11)5-4-6-10/h9H,4-8H2,1-3H3. The predicted octanol–water partition coefficient (Wildman–Crippen LogP) is 2.89. The quantitative estimate of drug-likeness (QED) is 0.676. The summed E-state index contributed by atoms with van der Waals surface area (Å²) in [5.41, 5.74) is 0.610. The monoisotopic (exact) mass is 233 g/mol. The molecule has 0 bridgehead atoms. The first-order valence-electron chi connectivity index (χ1n) is 4.86. The Kier molecular flexibility index (Phi) is 3.59. The lowest BCUT2D eigenvalue weighted by Gasteiger charge is -2.44. The summed E-state index contributed by atoms with van der Waals surface area (Å²) in [6, 6.07) is 0.682. The molecule has 1 rings (SSSR count). The molecule has 1 fully saturated rings. The molecule has 0 spiro atoms. The number of rotatable bonds is 4. The van der Waals surface area contributed by atoms with Crippen molar-refractivity contribution in [2.45, 2.75) is 39.2 Å². The lowest BCUT2D eigenvalue weighted by molar-refractivity contribution is 0.0905. The molecular weight excluding hydrogens is 214 g/mol. The Morgan fingerprint density at radius 1 is 1.42 bits per heavy atom. The van der Waals surface area contributed by atoms with E-state index in [-0.39, 0.29) is 0 Å². The molecule has 0 heterocycles. The van der Waals surface area contributed by atoms with Crippen molar-refractivity contribution in [1.29, 1.82) is 0 Å². The van der Waals surface area contributed by atoms with E-state index < -0.39 is 0 Å². The van der Waals surface area contributed by atoms with E-state index in [1.807, 2.05) is 0 Å². The summed E-state index contributed by atoms with van der Waals surface area (Å²) in [5.74, 6) is 0. The normalized spacial score (nSPS) is 21.5. The molecule has 0 N–H and O–H groups in total. The van der Waals surface area contributed by atoms with Crippen molar-refractivity contribution in [2.75, 3.05) is 18.9 Å². The van der Waals surface area contributed by atoms with Crippen LogP contribution in [-0.2, 0) is 0 Å². The molecule has 1 aliphatic carbocycles. The van der Waals surface area contributed by atoms with E-state index in [1.54, 1.807) is 0 Å². The molecule has 0 aromatic rings. The van der Waals surface area contributed by atoms with Crippen molar-refractivity contribution in [1.82, 2.24) is 4.90 Å². The van der Waals surface area contributed by atoms with Crippen LogP contribution in [0.3, 0.4) is 0 Å². The Hall–Kier alpha value is 0.440. The lowest BCUT2D eigenvalue weighted by Crippen LogP contribution is -2.44. The highest BCUT2D eigenvalue weighted by molar-refractivity contribution is 9.09. The lowest BCUT2D eigenvalue weighted by atomic mass is 9.70. The number of hydrogen-bond acceptors (Lipinski definition) is 1. The predicted molar refractivity (Wildman–Crippen MR) is 57.8 cm³/mol. The number of hydrogen-bond donors (Lipinski definition) is 0. The fraction of sp³-hybridized carbons (Fsp3) is 1.00. The molecular formula is C10H20BrN. The van der Waals surface area contributed by atoms with Crippen molar-refractivity contribution < 1.29 is 0 Å². The van der Waals surface area contributed by atoms with Crippen LogP contribution < -0.4 is 0 Å². The van der Waals surface area contributed by atoms with Crippen molar-refractivity contribution in [3.8, 4) is 0 Å². The number of nitrogens with zero attached hydrogens (tertiary/aromatic N) is 1. The maximum atomic E-state index is 3.63. The molecule has 0 aliphatic heterocycles. The van der Waals surface area contributed by atoms with E-state index >= 15 is 0 Å². The molecule has 1 saturated carbocycles. The average Bonchev–Trinajstić information content (AvgIpc) is 1.96. The van der Waals surface area contributed by atoms with Gasteiger partial charge in [0, 0.05) is 17.9 Å². The van der Waals surface area contributed by atoms with Gasteiger partial charge in [-0.1, -0.05) is 22.4 Å². The maximum absolute atomic E-state index is 3.63. The fourth-order valence-electron chi connectivity index (χ4n) is 1.72. The minimum absolute atomic E-state index is 0.610. The molecule has 0 saturated heterocycles. The second-order valence-electron chi connectivity index (χ2n) is 4.50. The summed E-state index contributed by atoms with van der Waals surface area (Å²) >= 11 is 3.63. The SMILES string of the molecule is CC(C)N(C)CC1(CBr)CCC1. The van der Waals surface area contributed by atoms with Gasteiger partial charge in [-0.05, 0) is 39.2 Å². The molecule has 0 atom stereocenters. The topological polar surface area (TPSA) is 3.24 Å². The van der Waals surface area contributed by atoms with Crippen LogP contribution in [0.25, 0.3) is 0 Å². The van der Waals surface area contributed by atoms with E-state index in [2.05, 4.69) is 41.7 Å². The Morgan fingerprint density at radius 2 is 2.00 bits per heavy atom. The molecule has 0 amide bonds. The fourth-order valence-corrected chi connectivity index (χ4v) is 2.46. The smallest absolute Gasteiger partial charge is 0.0100 e. The summed E-state index contributed by atoms with van der Waals surface area (Å²) in [5, 5.41) is 1.18. The molecule has 0 unspecified atom stereocenters. The summed E-state index contributed by atoms with van der Waals surface area (Å²) in [6.45, 7) is 5.79. The first-order chi connectivity index (χ1) is 5.59. The van der Waals surface area contributed by atoms with Gasteiger partial charge in [0.15, 0.2) is 0 Å². The minimum atomic E-state index is 0.610. The van der Waals surface area contributed by atoms with Crippen LogP contribution in [0.1, 0.15) is 33.1 Å². The van der Waals surface area contributed by atoms with Crippen LogP contribution in [-0.4, -0.2) is 29.9 Å². The Balaban J connectivity index is 2.37. The van der Waals surface area contributed by atoms with Crippen molar-refractivity contribution in [2.24, 2.45) is 5.41 Å². The third-order valence-electron chi connectivity index (χ3n) is 3.16. The highest BCUT2D eigenvalue weighted by atomic mass is 79.9. The summed E-state index contributed by atoms with van der Waals surface area (Å²) in [7, 11) is 2.23. The van der Waals surface area contributed by atoms with Gasteiger partial charge in [0.2, 0.25) is 0 Å². The van der Waals surface area contributed by atoms with E-state index in [4.69, 9.17) is 0 Å². The van der Waals surface area contributed by atoms with Crippen LogP contribution >= 0.6 is 15.9 Å². The molecule has 0 aromatic heterocycles. The molecule has 0 aromatic carbocycles. The summed E-state index contributed by atoms with van der Waals surface area (Å²) in [4.78, 5) is 2.46. The molecule has 12 heavy (non-hydrogen) atoms. The van der Waals surface area contributed by atoms with Gasteiger partial charge in [-0.25, -0.2) is 0 Å². The average molecular weight is 234 g/mol. The maximum Gasteiger partial charge on any atom is 0.0100 e. The van der Waals surface area contributed by atoms with Gasteiger partial charge >= 0.3 is 0 Å².